The summed E-state index contributed by atoms with van der Waals surface area (Å²) >= 11 is 0. The number of nitrogens with two attached hydrogens (primary N) is 1. The second kappa shape index (κ2) is 37.1. The van der Waals surface area contributed by atoms with Crippen LogP contribution in [0.3, 0.4) is 0 Å². The highest BCUT2D eigenvalue weighted by molar-refractivity contribution is 7.47. The molecule has 0 aliphatic carbocycles. The maximum Gasteiger partial charge on any atom is 0.472 e. The Balaban J connectivity index is 4.12. The van der Waals surface area contributed by atoms with Gasteiger partial charge in [-0.3, -0.25) is 13.8 Å². The molecular weight excluding hydrogens is 625 g/mol. The summed E-state index contributed by atoms with van der Waals surface area (Å²) in [6.45, 7) is 4.21. The van der Waals surface area contributed by atoms with Crippen molar-refractivity contribution in [1.82, 2.24) is 0 Å². The Morgan fingerprint density at radius 1 is 0.625 bits per heavy atom. The number of phosphoric acid groups is 1. The Hall–Kier alpha value is -1.18. The molecular formula is C39H76NO7P. The number of unbranched alkanes of at least 4 members (excludes halogenated alkanes) is 23. The van der Waals surface area contributed by atoms with E-state index in [9.17, 15) is 14.3 Å². The van der Waals surface area contributed by atoms with E-state index >= 15 is 0 Å². The molecule has 3 N–H and O–H groups in total. The van der Waals surface area contributed by atoms with Gasteiger partial charge in [-0.2, -0.15) is 0 Å². The molecule has 0 amide bonds. The van der Waals surface area contributed by atoms with Crippen LogP contribution in [0.25, 0.3) is 0 Å². The van der Waals surface area contributed by atoms with Gasteiger partial charge in [-0.1, -0.05) is 148 Å². The van der Waals surface area contributed by atoms with E-state index in [-0.39, 0.29) is 32.3 Å². The first-order valence-corrected chi connectivity index (χ1v) is 21.4. The first kappa shape index (κ1) is 46.8. The summed E-state index contributed by atoms with van der Waals surface area (Å²) in [4.78, 5) is 22.2. The zero-order valence-corrected chi connectivity index (χ0v) is 32.1. The highest BCUT2D eigenvalue weighted by Gasteiger charge is 2.24. The van der Waals surface area contributed by atoms with E-state index in [0.29, 0.717) is 6.42 Å². The normalized spacial score (nSPS) is 13.8. The summed E-state index contributed by atoms with van der Waals surface area (Å²) in [5.74, 6) is -0.298. The van der Waals surface area contributed by atoms with Crippen molar-refractivity contribution in [3.05, 3.63) is 24.5 Å². The van der Waals surface area contributed by atoms with E-state index < -0.39 is 13.9 Å². The SMILES string of the molecule is CCCCCCCCC=CCCCCCCCC(=O)OCC(COP(=O)(O)OCCN)OC=CCCCCCCCCCCCCCC. The van der Waals surface area contributed by atoms with Gasteiger partial charge in [-0.25, -0.2) is 4.57 Å². The van der Waals surface area contributed by atoms with Gasteiger partial charge in [0, 0.05) is 13.0 Å². The lowest BCUT2D eigenvalue weighted by atomic mass is 10.0. The predicted molar refractivity (Wildman–Crippen MR) is 201 cm³/mol. The van der Waals surface area contributed by atoms with Crippen LogP contribution >= 0.6 is 7.82 Å². The number of ether oxygens (including phenoxy) is 2. The number of carbonyl (C=O) groups excluding carboxylic acids is 1. The number of allylic oxidation sites excluding steroid dienone is 3. The van der Waals surface area contributed by atoms with Crippen molar-refractivity contribution in [2.24, 2.45) is 5.73 Å². The minimum absolute atomic E-state index is 0.0657. The summed E-state index contributed by atoms with van der Waals surface area (Å²) in [6, 6.07) is 0. The Morgan fingerprint density at radius 3 is 1.54 bits per heavy atom. The maximum atomic E-state index is 12.3. The summed E-state index contributed by atoms with van der Waals surface area (Å²) in [7, 11) is -4.26. The van der Waals surface area contributed by atoms with Crippen LogP contribution in [0.5, 0.6) is 0 Å². The molecule has 0 saturated heterocycles. The van der Waals surface area contributed by atoms with Crippen LogP contribution in [0.4, 0.5) is 0 Å². The lowest BCUT2D eigenvalue weighted by Crippen LogP contribution is -2.25. The first-order valence-electron chi connectivity index (χ1n) is 19.9. The number of esters is 1. The Bertz CT molecular complexity index is 792. The molecule has 0 bridgehead atoms. The third-order valence-electron chi connectivity index (χ3n) is 8.46. The molecule has 0 fully saturated rings. The van der Waals surface area contributed by atoms with E-state index in [1.807, 2.05) is 6.08 Å². The largest absolute Gasteiger partial charge is 0.492 e. The minimum Gasteiger partial charge on any atom is -0.492 e. The maximum absolute atomic E-state index is 12.3. The summed E-state index contributed by atoms with van der Waals surface area (Å²) in [5.41, 5.74) is 5.35. The van der Waals surface area contributed by atoms with Crippen molar-refractivity contribution >= 4 is 13.8 Å². The lowest BCUT2D eigenvalue weighted by Gasteiger charge is -2.19. The van der Waals surface area contributed by atoms with E-state index in [1.54, 1.807) is 6.26 Å². The van der Waals surface area contributed by atoms with Gasteiger partial charge < -0.3 is 20.1 Å². The number of hydrogen-bond acceptors (Lipinski definition) is 7. The molecule has 9 heteroatoms. The Labute approximate surface area is 296 Å². The van der Waals surface area contributed by atoms with Crippen molar-refractivity contribution in [2.45, 2.75) is 193 Å². The number of carbonyl (C=O) groups is 1. The molecule has 284 valence electrons. The molecule has 0 heterocycles. The third-order valence-corrected chi connectivity index (χ3v) is 9.44. The first-order chi connectivity index (χ1) is 23.4. The molecule has 0 radical (unpaired) electrons. The third kappa shape index (κ3) is 36.1. The second-order valence-electron chi connectivity index (χ2n) is 13.2. The van der Waals surface area contributed by atoms with Gasteiger partial charge >= 0.3 is 13.8 Å². The average Bonchev–Trinajstić information content (AvgIpc) is 3.08. The minimum atomic E-state index is -4.26. The van der Waals surface area contributed by atoms with Crippen LogP contribution in [0.1, 0.15) is 187 Å². The van der Waals surface area contributed by atoms with Crippen molar-refractivity contribution in [3.63, 3.8) is 0 Å². The second-order valence-corrected chi connectivity index (χ2v) is 14.7. The summed E-state index contributed by atoms with van der Waals surface area (Å²) in [6.07, 6.45) is 40.0. The van der Waals surface area contributed by atoms with Gasteiger partial charge in [-0.15, -0.1) is 0 Å². The monoisotopic (exact) mass is 702 g/mol. The fourth-order valence-electron chi connectivity index (χ4n) is 5.45. The standard InChI is InChI=1S/C39H76NO7P/c1-3-5-7-9-11-13-15-17-19-20-22-24-26-28-30-32-39(41)45-36-38(37-47-48(42,43)46-35-33-40)44-34-31-29-27-25-23-21-18-16-14-12-10-8-6-4-2/h17,19,31,34,38H,3-16,18,20-30,32-33,35-37,40H2,1-2H3,(H,42,43). The molecule has 0 aliphatic heterocycles. The van der Waals surface area contributed by atoms with Crippen molar-refractivity contribution in [3.8, 4) is 0 Å². The van der Waals surface area contributed by atoms with Gasteiger partial charge in [-0.05, 0) is 51.0 Å². The van der Waals surface area contributed by atoms with Crippen molar-refractivity contribution in [1.29, 1.82) is 0 Å². The van der Waals surface area contributed by atoms with Crippen molar-refractivity contribution < 1.29 is 32.8 Å². The molecule has 8 nitrogen and oxygen atoms in total. The molecule has 0 aromatic carbocycles. The van der Waals surface area contributed by atoms with Gasteiger partial charge in [0.2, 0.25) is 0 Å². The van der Waals surface area contributed by atoms with Gasteiger partial charge in [0.1, 0.15) is 6.61 Å². The van der Waals surface area contributed by atoms with Crippen LogP contribution in [0, 0.1) is 0 Å². The highest BCUT2D eigenvalue weighted by atomic mass is 31.2. The molecule has 0 aliphatic rings. The number of phosphoric ester groups is 1. The predicted octanol–water partition coefficient (Wildman–Crippen LogP) is 11.6. The quantitative estimate of drug-likeness (QED) is 0.0215. The molecule has 0 spiro atoms. The van der Waals surface area contributed by atoms with Crippen molar-refractivity contribution in [2.75, 3.05) is 26.4 Å². The number of rotatable bonds is 38. The van der Waals surface area contributed by atoms with Crippen LogP contribution < -0.4 is 5.73 Å². The zero-order valence-electron chi connectivity index (χ0n) is 31.2. The van der Waals surface area contributed by atoms with Crippen LogP contribution in [-0.2, 0) is 27.9 Å². The zero-order chi connectivity index (χ0) is 35.2. The fourth-order valence-corrected chi connectivity index (χ4v) is 6.21. The van der Waals surface area contributed by atoms with E-state index in [4.69, 9.17) is 24.3 Å². The number of hydrogen-bond donors (Lipinski definition) is 2. The molecule has 0 aromatic heterocycles. The van der Waals surface area contributed by atoms with Crippen LogP contribution in [-0.4, -0.2) is 43.3 Å². The average molecular weight is 702 g/mol. The molecule has 0 rings (SSSR count). The topological polar surface area (TPSA) is 117 Å². The highest BCUT2D eigenvalue weighted by Crippen LogP contribution is 2.43. The lowest BCUT2D eigenvalue weighted by molar-refractivity contribution is -0.147. The molecule has 2 unspecified atom stereocenters. The molecule has 0 aromatic rings. The summed E-state index contributed by atoms with van der Waals surface area (Å²) in [5, 5.41) is 0. The van der Waals surface area contributed by atoms with E-state index in [1.165, 1.54) is 128 Å². The van der Waals surface area contributed by atoms with Crippen LogP contribution in [0.15, 0.2) is 24.5 Å². The van der Waals surface area contributed by atoms with Crippen LogP contribution in [0.2, 0.25) is 0 Å². The Morgan fingerprint density at radius 2 is 1.06 bits per heavy atom. The van der Waals surface area contributed by atoms with E-state index in [0.717, 1.165) is 38.5 Å². The Kier molecular flexibility index (Phi) is 36.2. The molecule has 0 saturated carbocycles. The van der Waals surface area contributed by atoms with Gasteiger partial charge in [0.25, 0.3) is 0 Å². The fraction of sp³-hybridized carbons (Fsp3) is 0.872. The van der Waals surface area contributed by atoms with Gasteiger partial charge in [0.05, 0.1) is 19.5 Å². The smallest absolute Gasteiger partial charge is 0.472 e. The van der Waals surface area contributed by atoms with Gasteiger partial charge in [0.15, 0.2) is 6.10 Å². The van der Waals surface area contributed by atoms with E-state index in [2.05, 4.69) is 26.0 Å². The molecule has 48 heavy (non-hydrogen) atoms. The summed E-state index contributed by atoms with van der Waals surface area (Å²) < 4.78 is 33.1. The molecule has 2 atom stereocenters.